The summed E-state index contributed by atoms with van der Waals surface area (Å²) in [5.74, 6) is 1.79. The summed E-state index contributed by atoms with van der Waals surface area (Å²) in [7, 11) is 1.83. The summed E-state index contributed by atoms with van der Waals surface area (Å²) in [6.07, 6.45) is 3.04. The van der Waals surface area contributed by atoms with E-state index in [9.17, 15) is 4.79 Å². The van der Waals surface area contributed by atoms with Gasteiger partial charge >= 0.3 is 0 Å². The Kier molecular flexibility index (Phi) is 5.34. The second-order valence-electron chi connectivity index (χ2n) is 6.40. The molecule has 0 saturated heterocycles. The van der Waals surface area contributed by atoms with E-state index in [1.165, 1.54) is 18.1 Å². The smallest absolute Gasteiger partial charge is 0.233 e. The van der Waals surface area contributed by atoms with Gasteiger partial charge in [0.15, 0.2) is 23.3 Å². The highest BCUT2D eigenvalue weighted by Crippen LogP contribution is 2.31. The number of thioether (sulfide) groups is 1. The lowest BCUT2D eigenvalue weighted by Crippen LogP contribution is -2.44. The van der Waals surface area contributed by atoms with Crippen molar-refractivity contribution in [1.82, 2.24) is 24.6 Å². The third-order valence-electron chi connectivity index (χ3n) is 4.55. The van der Waals surface area contributed by atoms with Gasteiger partial charge in [-0.3, -0.25) is 9.48 Å². The average molecular weight is 399 g/mol. The number of ether oxygens (including phenoxy) is 2. The van der Waals surface area contributed by atoms with Crippen LogP contribution in [0.2, 0.25) is 0 Å². The van der Waals surface area contributed by atoms with Crippen molar-refractivity contribution in [3.05, 3.63) is 36.8 Å². The Hall–Kier alpha value is -2.81. The van der Waals surface area contributed by atoms with Crippen molar-refractivity contribution in [2.45, 2.75) is 18.1 Å². The summed E-state index contributed by atoms with van der Waals surface area (Å²) in [6, 6.07) is 7.58. The monoisotopic (exact) mass is 399 g/mol. The van der Waals surface area contributed by atoms with E-state index >= 15 is 0 Å². The summed E-state index contributed by atoms with van der Waals surface area (Å²) in [5.41, 5.74) is 0.753. The number of carbonyl (C=O) groups excluding carboxylic acids is 1. The molecule has 1 unspecified atom stereocenters. The van der Waals surface area contributed by atoms with E-state index in [1.807, 2.05) is 38.2 Å². The quantitative estimate of drug-likeness (QED) is 0.464. The molecule has 9 heteroatoms. The van der Waals surface area contributed by atoms with Crippen molar-refractivity contribution in [3.63, 3.8) is 0 Å². The molecule has 2 aromatic heterocycles. The highest BCUT2D eigenvalue weighted by atomic mass is 32.2. The van der Waals surface area contributed by atoms with Gasteiger partial charge in [-0.05, 0) is 19.1 Å². The summed E-state index contributed by atoms with van der Waals surface area (Å²) >= 11 is 1.40. The molecular weight excluding hydrogens is 378 g/mol. The number of aryl methyl sites for hydroxylation is 1. The van der Waals surface area contributed by atoms with E-state index in [0.29, 0.717) is 25.4 Å². The summed E-state index contributed by atoms with van der Waals surface area (Å²) in [5, 5.41) is 5.82. The molecule has 0 N–H and O–H groups in total. The molecule has 0 saturated carbocycles. The first-order chi connectivity index (χ1) is 13.7. The van der Waals surface area contributed by atoms with Gasteiger partial charge in [-0.1, -0.05) is 23.9 Å². The van der Waals surface area contributed by atoms with Crippen LogP contribution < -0.4 is 9.47 Å². The van der Waals surface area contributed by atoms with Crippen molar-refractivity contribution < 1.29 is 14.3 Å². The lowest BCUT2D eigenvalue weighted by molar-refractivity contribution is -0.129. The SMILES string of the molecule is CCN(CC1COc2ccccc2O1)C(=O)CSc1ncnc2c1cnn2C. The highest BCUT2D eigenvalue weighted by molar-refractivity contribution is 8.00. The minimum absolute atomic E-state index is 0.0330. The summed E-state index contributed by atoms with van der Waals surface area (Å²) < 4.78 is 13.4. The first kappa shape index (κ1) is 18.5. The van der Waals surface area contributed by atoms with Crippen LogP contribution in [-0.4, -0.2) is 62.1 Å². The van der Waals surface area contributed by atoms with Gasteiger partial charge in [-0.2, -0.15) is 5.10 Å². The summed E-state index contributed by atoms with van der Waals surface area (Å²) in [4.78, 5) is 23.1. The molecule has 0 fully saturated rings. The molecule has 28 heavy (non-hydrogen) atoms. The van der Waals surface area contributed by atoms with Crippen molar-refractivity contribution in [2.24, 2.45) is 7.05 Å². The molecule has 0 bridgehead atoms. The third kappa shape index (κ3) is 3.75. The fourth-order valence-corrected chi connectivity index (χ4v) is 3.95. The maximum Gasteiger partial charge on any atom is 0.233 e. The fourth-order valence-electron chi connectivity index (χ4n) is 3.08. The summed E-state index contributed by atoms with van der Waals surface area (Å²) in [6.45, 7) is 3.48. The maximum atomic E-state index is 12.8. The molecule has 3 aromatic rings. The Labute approximate surface area is 166 Å². The largest absolute Gasteiger partial charge is 0.486 e. The molecule has 0 radical (unpaired) electrons. The topological polar surface area (TPSA) is 82.4 Å². The number of rotatable bonds is 6. The van der Waals surface area contributed by atoms with Gasteiger partial charge < -0.3 is 14.4 Å². The normalized spacial score (nSPS) is 15.6. The first-order valence-electron chi connectivity index (χ1n) is 9.07. The molecule has 3 heterocycles. The van der Waals surface area contributed by atoms with E-state index in [2.05, 4.69) is 15.1 Å². The molecule has 1 aliphatic heterocycles. The maximum absolute atomic E-state index is 12.8. The first-order valence-corrected chi connectivity index (χ1v) is 10.1. The Bertz CT molecular complexity index is 993. The number of hydrogen-bond donors (Lipinski definition) is 0. The van der Waals surface area contributed by atoms with Gasteiger partial charge in [0, 0.05) is 13.6 Å². The van der Waals surface area contributed by atoms with Gasteiger partial charge in [0.25, 0.3) is 0 Å². The molecule has 146 valence electrons. The van der Waals surface area contributed by atoms with E-state index in [0.717, 1.165) is 27.6 Å². The third-order valence-corrected chi connectivity index (χ3v) is 5.54. The number of amides is 1. The lowest BCUT2D eigenvalue weighted by Gasteiger charge is -2.30. The molecule has 8 nitrogen and oxygen atoms in total. The molecule has 0 spiro atoms. The zero-order chi connectivity index (χ0) is 19.5. The van der Waals surface area contributed by atoms with Crippen LogP contribution in [0.15, 0.2) is 41.8 Å². The van der Waals surface area contributed by atoms with Crippen molar-refractivity contribution in [2.75, 3.05) is 25.4 Å². The van der Waals surface area contributed by atoms with Gasteiger partial charge in [-0.25, -0.2) is 9.97 Å². The number of fused-ring (bicyclic) bond motifs is 2. The Morgan fingerprint density at radius 1 is 1.32 bits per heavy atom. The van der Waals surface area contributed by atoms with E-state index in [4.69, 9.17) is 9.47 Å². The number of para-hydroxylation sites is 2. The van der Waals surface area contributed by atoms with Gasteiger partial charge in [0.05, 0.1) is 23.9 Å². The van der Waals surface area contributed by atoms with Crippen LogP contribution in [0.3, 0.4) is 0 Å². The van der Waals surface area contributed by atoms with Gasteiger partial charge in [0.2, 0.25) is 5.91 Å². The van der Waals surface area contributed by atoms with Crippen LogP contribution in [0.25, 0.3) is 11.0 Å². The molecular formula is C19H21N5O3S. The van der Waals surface area contributed by atoms with E-state index in [1.54, 1.807) is 15.8 Å². The number of carbonyl (C=O) groups is 1. The van der Waals surface area contributed by atoms with Crippen LogP contribution >= 0.6 is 11.8 Å². The lowest BCUT2D eigenvalue weighted by atomic mass is 10.2. The number of benzene rings is 1. The van der Waals surface area contributed by atoms with E-state index < -0.39 is 0 Å². The number of hydrogen-bond acceptors (Lipinski definition) is 7. The molecule has 1 amide bonds. The van der Waals surface area contributed by atoms with E-state index in [-0.39, 0.29) is 12.0 Å². The average Bonchev–Trinajstić information content (AvgIpc) is 3.11. The minimum atomic E-state index is -0.187. The number of aromatic nitrogens is 4. The van der Waals surface area contributed by atoms with Crippen LogP contribution in [0.1, 0.15) is 6.92 Å². The van der Waals surface area contributed by atoms with Crippen LogP contribution in [0, 0.1) is 0 Å². The van der Waals surface area contributed by atoms with Gasteiger partial charge in [0.1, 0.15) is 18.0 Å². The fraction of sp³-hybridized carbons (Fsp3) is 0.368. The molecule has 1 aliphatic rings. The Balaban J connectivity index is 1.38. The Morgan fingerprint density at radius 3 is 2.96 bits per heavy atom. The molecule has 1 atom stereocenters. The van der Waals surface area contributed by atoms with Gasteiger partial charge in [-0.15, -0.1) is 0 Å². The van der Waals surface area contributed by atoms with Crippen LogP contribution in [0.5, 0.6) is 11.5 Å². The zero-order valence-electron chi connectivity index (χ0n) is 15.7. The molecule has 0 aliphatic carbocycles. The second kappa shape index (κ2) is 8.05. The highest BCUT2D eigenvalue weighted by Gasteiger charge is 2.25. The predicted octanol–water partition coefficient (Wildman–Crippen LogP) is 2.14. The number of nitrogens with zero attached hydrogens (tertiary/aromatic N) is 5. The minimum Gasteiger partial charge on any atom is -0.486 e. The van der Waals surface area contributed by atoms with Crippen LogP contribution in [-0.2, 0) is 11.8 Å². The standard InChI is InChI=1S/C19H21N5O3S/c1-3-24(9-13-10-26-15-6-4-5-7-16(15)27-13)17(25)11-28-19-14-8-22-23(2)18(14)20-12-21-19/h4-8,12-13H,3,9-11H2,1-2H3. The number of likely N-dealkylation sites (N-methyl/N-ethyl adjacent to an activating group) is 1. The zero-order valence-corrected chi connectivity index (χ0v) is 16.6. The second-order valence-corrected chi connectivity index (χ2v) is 7.37. The van der Waals surface area contributed by atoms with Crippen molar-refractivity contribution in [1.29, 1.82) is 0 Å². The predicted molar refractivity (Wildman–Crippen MR) is 106 cm³/mol. The molecule has 1 aromatic carbocycles. The molecule has 4 rings (SSSR count). The van der Waals surface area contributed by atoms with Crippen molar-refractivity contribution in [3.8, 4) is 11.5 Å². The van der Waals surface area contributed by atoms with Crippen LogP contribution in [0.4, 0.5) is 0 Å². The van der Waals surface area contributed by atoms with Crippen molar-refractivity contribution >= 4 is 28.7 Å². The Morgan fingerprint density at radius 2 is 2.14 bits per heavy atom.